The number of benzene rings is 1. The minimum Gasteiger partial charge on any atom is -0.334 e. The molecular formula is C14H18F2N2O. The van der Waals surface area contributed by atoms with Crippen LogP contribution in [0.25, 0.3) is 0 Å². The van der Waals surface area contributed by atoms with E-state index in [4.69, 9.17) is 5.73 Å². The fourth-order valence-electron chi connectivity index (χ4n) is 2.60. The standard InChI is InChI=1S/C14H18F2N2O/c1-9(17)13-4-2-3-5-18(13)14(19)10-6-11(15)8-12(16)7-10/h6-9,13H,2-5,17H2,1H3. The van der Waals surface area contributed by atoms with Gasteiger partial charge in [0.25, 0.3) is 5.91 Å². The van der Waals surface area contributed by atoms with E-state index in [1.807, 2.05) is 6.92 Å². The number of carbonyl (C=O) groups is 1. The Balaban J connectivity index is 2.26. The Morgan fingerprint density at radius 1 is 1.32 bits per heavy atom. The third-order valence-corrected chi connectivity index (χ3v) is 3.53. The van der Waals surface area contributed by atoms with E-state index in [0.717, 1.165) is 37.5 Å². The normalized spacial score (nSPS) is 21.3. The van der Waals surface area contributed by atoms with Gasteiger partial charge in [0.05, 0.1) is 0 Å². The average molecular weight is 268 g/mol. The maximum Gasteiger partial charge on any atom is 0.254 e. The van der Waals surface area contributed by atoms with E-state index in [2.05, 4.69) is 0 Å². The van der Waals surface area contributed by atoms with Crippen molar-refractivity contribution in [3.63, 3.8) is 0 Å². The third-order valence-electron chi connectivity index (χ3n) is 3.53. The van der Waals surface area contributed by atoms with Gasteiger partial charge in [0, 0.05) is 30.3 Å². The lowest BCUT2D eigenvalue weighted by Gasteiger charge is -2.38. The molecule has 1 heterocycles. The summed E-state index contributed by atoms with van der Waals surface area (Å²) in [6, 6.07) is 2.68. The molecule has 0 bridgehead atoms. The van der Waals surface area contributed by atoms with E-state index in [1.54, 1.807) is 4.90 Å². The highest BCUT2D eigenvalue weighted by molar-refractivity contribution is 5.94. The van der Waals surface area contributed by atoms with Crippen LogP contribution < -0.4 is 5.73 Å². The average Bonchev–Trinajstić information content (AvgIpc) is 2.36. The molecule has 3 nitrogen and oxygen atoms in total. The molecule has 5 heteroatoms. The number of amides is 1. The topological polar surface area (TPSA) is 46.3 Å². The molecule has 2 N–H and O–H groups in total. The zero-order chi connectivity index (χ0) is 14.0. The van der Waals surface area contributed by atoms with Gasteiger partial charge in [-0.2, -0.15) is 0 Å². The Morgan fingerprint density at radius 3 is 2.53 bits per heavy atom. The SMILES string of the molecule is CC(N)C1CCCCN1C(=O)c1cc(F)cc(F)c1. The fourth-order valence-corrected chi connectivity index (χ4v) is 2.60. The number of carbonyl (C=O) groups excluding carboxylic acids is 1. The van der Waals surface area contributed by atoms with Crippen LogP contribution in [0.1, 0.15) is 36.5 Å². The van der Waals surface area contributed by atoms with Gasteiger partial charge in [-0.3, -0.25) is 4.79 Å². The van der Waals surface area contributed by atoms with Crippen molar-refractivity contribution in [2.24, 2.45) is 5.73 Å². The Labute approximate surface area is 111 Å². The number of hydrogen-bond acceptors (Lipinski definition) is 2. The number of rotatable bonds is 2. The predicted octanol–water partition coefficient (Wildman–Crippen LogP) is 2.31. The van der Waals surface area contributed by atoms with Crippen molar-refractivity contribution in [3.8, 4) is 0 Å². The number of piperidine rings is 1. The first kappa shape index (κ1) is 13.9. The molecular weight excluding hydrogens is 250 g/mol. The molecule has 1 aromatic carbocycles. The van der Waals surface area contributed by atoms with Gasteiger partial charge in [-0.25, -0.2) is 8.78 Å². The first-order valence-corrected chi connectivity index (χ1v) is 6.51. The Bertz CT molecular complexity index is 456. The van der Waals surface area contributed by atoms with Gasteiger partial charge in [0.1, 0.15) is 11.6 Å². The molecule has 2 atom stereocenters. The van der Waals surface area contributed by atoms with Gasteiger partial charge in [-0.15, -0.1) is 0 Å². The number of nitrogens with zero attached hydrogens (tertiary/aromatic N) is 1. The molecule has 0 spiro atoms. The number of likely N-dealkylation sites (tertiary alicyclic amines) is 1. The summed E-state index contributed by atoms with van der Waals surface area (Å²) in [6.07, 6.45) is 2.75. The molecule has 0 saturated carbocycles. The highest BCUT2D eigenvalue weighted by Crippen LogP contribution is 2.22. The Morgan fingerprint density at radius 2 is 1.95 bits per heavy atom. The lowest BCUT2D eigenvalue weighted by atomic mass is 9.96. The number of halogens is 2. The summed E-state index contributed by atoms with van der Waals surface area (Å²) in [7, 11) is 0. The number of hydrogen-bond donors (Lipinski definition) is 1. The van der Waals surface area contributed by atoms with Crippen molar-refractivity contribution < 1.29 is 13.6 Å². The maximum absolute atomic E-state index is 13.2. The van der Waals surface area contributed by atoms with Crippen molar-refractivity contribution in [3.05, 3.63) is 35.4 Å². The quantitative estimate of drug-likeness (QED) is 0.894. The molecule has 19 heavy (non-hydrogen) atoms. The predicted molar refractivity (Wildman–Crippen MR) is 68.7 cm³/mol. The molecule has 0 radical (unpaired) electrons. The molecule has 0 aromatic heterocycles. The molecule has 2 unspecified atom stereocenters. The second kappa shape index (κ2) is 5.65. The van der Waals surface area contributed by atoms with Crippen LogP contribution in [0.15, 0.2) is 18.2 Å². The minimum atomic E-state index is -0.738. The van der Waals surface area contributed by atoms with Crippen molar-refractivity contribution in [1.82, 2.24) is 4.90 Å². The van der Waals surface area contributed by atoms with Crippen LogP contribution in [-0.4, -0.2) is 29.4 Å². The maximum atomic E-state index is 13.2. The van der Waals surface area contributed by atoms with Crippen LogP contribution in [0.3, 0.4) is 0 Å². The molecule has 1 aromatic rings. The van der Waals surface area contributed by atoms with Gasteiger partial charge < -0.3 is 10.6 Å². The monoisotopic (exact) mass is 268 g/mol. The van der Waals surface area contributed by atoms with Gasteiger partial charge in [-0.05, 0) is 38.3 Å². The molecule has 1 aliphatic heterocycles. The fraction of sp³-hybridized carbons (Fsp3) is 0.500. The first-order valence-electron chi connectivity index (χ1n) is 6.51. The molecule has 1 fully saturated rings. The van der Waals surface area contributed by atoms with Crippen LogP contribution in [0, 0.1) is 11.6 Å². The van der Waals surface area contributed by atoms with E-state index >= 15 is 0 Å². The zero-order valence-electron chi connectivity index (χ0n) is 10.9. The molecule has 2 rings (SSSR count). The molecule has 1 amide bonds. The van der Waals surface area contributed by atoms with Crippen LogP contribution in [-0.2, 0) is 0 Å². The van der Waals surface area contributed by atoms with Gasteiger partial charge in [0.2, 0.25) is 0 Å². The summed E-state index contributed by atoms with van der Waals surface area (Å²) in [6.45, 7) is 2.44. The Kier molecular flexibility index (Phi) is 4.14. The summed E-state index contributed by atoms with van der Waals surface area (Å²) >= 11 is 0. The van der Waals surface area contributed by atoms with Crippen LogP contribution in [0.2, 0.25) is 0 Å². The third kappa shape index (κ3) is 3.10. The lowest BCUT2D eigenvalue weighted by molar-refractivity contribution is 0.0583. The highest BCUT2D eigenvalue weighted by atomic mass is 19.1. The van der Waals surface area contributed by atoms with Crippen molar-refractivity contribution in [2.45, 2.75) is 38.3 Å². The highest BCUT2D eigenvalue weighted by Gasteiger charge is 2.30. The van der Waals surface area contributed by atoms with E-state index in [0.29, 0.717) is 6.54 Å². The molecule has 0 aliphatic carbocycles. The smallest absolute Gasteiger partial charge is 0.254 e. The van der Waals surface area contributed by atoms with Crippen molar-refractivity contribution in [1.29, 1.82) is 0 Å². The van der Waals surface area contributed by atoms with E-state index in [-0.39, 0.29) is 23.6 Å². The second-order valence-electron chi connectivity index (χ2n) is 5.08. The summed E-state index contributed by atoms with van der Waals surface area (Å²) in [5.41, 5.74) is 5.94. The largest absolute Gasteiger partial charge is 0.334 e. The number of nitrogens with two attached hydrogens (primary N) is 1. The Hall–Kier alpha value is -1.49. The summed E-state index contributed by atoms with van der Waals surface area (Å²) in [5, 5.41) is 0. The minimum absolute atomic E-state index is 0.0463. The van der Waals surface area contributed by atoms with E-state index in [1.165, 1.54) is 0 Å². The van der Waals surface area contributed by atoms with Gasteiger partial charge in [0.15, 0.2) is 0 Å². The van der Waals surface area contributed by atoms with Crippen LogP contribution in [0.5, 0.6) is 0 Å². The van der Waals surface area contributed by atoms with Crippen molar-refractivity contribution in [2.75, 3.05) is 6.54 Å². The lowest BCUT2D eigenvalue weighted by Crippen LogP contribution is -2.51. The van der Waals surface area contributed by atoms with Crippen molar-refractivity contribution >= 4 is 5.91 Å². The molecule has 1 aliphatic rings. The molecule has 1 saturated heterocycles. The van der Waals surface area contributed by atoms with Gasteiger partial charge in [-0.1, -0.05) is 0 Å². The van der Waals surface area contributed by atoms with Crippen LogP contribution >= 0.6 is 0 Å². The van der Waals surface area contributed by atoms with E-state index < -0.39 is 11.6 Å². The van der Waals surface area contributed by atoms with Crippen LogP contribution in [0.4, 0.5) is 8.78 Å². The first-order chi connectivity index (χ1) is 8.99. The second-order valence-corrected chi connectivity index (χ2v) is 5.08. The summed E-state index contributed by atoms with van der Waals surface area (Å²) in [4.78, 5) is 14.0. The van der Waals surface area contributed by atoms with E-state index in [9.17, 15) is 13.6 Å². The summed E-state index contributed by atoms with van der Waals surface area (Å²) in [5.74, 6) is -1.82. The molecule has 104 valence electrons. The van der Waals surface area contributed by atoms with Gasteiger partial charge >= 0.3 is 0 Å². The zero-order valence-corrected chi connectivity index (χ0v) is 10.9. The summed E-state index contributed by atoms with van der Waals surface area (Å²) < 4.78 is 26.4.